The standard InChI is InChI=1S/C22H32N2O4S/c25-29(26,21-8-2-1-3-9-21)24-11-13-28-22(17-24)16-23(10-12-27-22)20-14-18-6-4-5-7-19(18)15-20/h4-7,20-21H,1-3,8-17H2. The van der Waals surface area contributed by atoms with Crippen LogP contribution in [-0.4, -0.2) is 74.1 Å². The highest BCUT2D eigenvalue weighted by Crippen LogP contribution is 2.33. The van der Waals surface area contributed by atoms with E-state index in [-0.39, 0.29) is 5.25 Å². The van der Waals surface area contributed by atoms with Gasteiger partial charge in [0.15, 0.2) is 5.79 Å². The molecule has 6 nitrogen and oxygen atoms in total. The molecule has 1 aromatic rings. The van der Waals surface area contributed by atoms with Crippen molar-refractivity contribution in [2.75, 3.05) is 39.4 Å². The normalized spacial score (nSPS) is 30.6. The van der Waals surface area contributed by atoms with Crippen molar-refractivity contribution in [2.24, 2.45) is 0 Å². The highest BCUT2D eigenvalue weighted by Gasteiger charge is 2.47. The van der Waals surface area contributed by atoms with Crippen LogP contribution < -0.4 is 0 Å². The van der Waals surface area contributed by atoms with Crippen molar-refractivity contribution in [3.63, 3.8) is 0 Å². The molecule has 2 heterocycles. The van der Waals surface area contributed by atoms with E-state index >= 15 is 0 Å². The van der Waals surface area contributed by atoms with E-state index < -0.39 is 15.8 Å². The van der Waals surface area contributed by atoms with Crippen LogP contribution in [-0.2, 0) is 32.3 Å². The summed E-state index contributed by atoms with van der Waals surface area (Å²) in [6, 6.07) is 9.12. The SMILES string of the molecule is O=S(=O)(C1CCCCC1)N1CCOC2(CN(C3Cc4ccccc4C3)CCO2)C1. The zero-order valence-corrected chi connectivity index (χ0v) is 17.9. The molecule has 1 atom stereocenters. The van der Waals surface area contributed by atoms with Gasteiger partial charge in [-0.3, -0.25) is 4.90 Å². The second-order valence-electron chi connectivity index (χ2n) is 9.05. The molecule has 1 spiro atoms. The van der Waals surface area contributed by atoms with Crippen LogP contribution in [0.15, 0.2) is 24.3 Å². The summed E-state index contributed by atoms with van der Waals surface area (Å²) in [5, 5.41) is -0.226. The lowest BCUT2D eigenvalue weighted by atomic mass is 10.0. The molecular formula is C22H32N2O4S. The van der Waals surface area contributed by atoms with Crippen LogP contribution >= 0.6 is 0 Å². The van der Waals surface area contributed by atoms with Gasteiger partial charge in [0.1, 0.15) is 0 Å². The Hall–Kier alpha value is -0.990. The lowest BCUT2D eigenvalue weighted by Crippen LogP contribution is -2.64. The van der Waals surface area contributed by atoms with Crippen LogP contribution in [0.3, 0.4) is 0 Å². The number of rotatable bonds is 3. The first-order chi connectivity index (χ1) is 14.1. The third kappa shape index (κ3) is 3.88. The van der Waals surface area contributed by atoms with Crippen molar-refractivity contribution in [3.05, 3.63) is 35.4 Å². The van der Waals surface area contributed by atoms with Crippen LogP contribution in [0.25, 0.3) is 0 Å². The van der Waals surface area contributed by atoms with Crippen molar-refractivity contribution < 1.29 is 17.9 Å². The second kappa shape index (κ2) is 7.93. The Kier molecular flexibility index (Phi) is 5.45. The summed E-state index contributed by atoms with van der Waals surface area (Å²) in [5.41, 5.74) is 2.87. The summed E-state index contributed by atoms with van der Waals surface area (Å²) in [7, 11) is -3.29. The number of fused-ring (bicyclic) bond motifs is 1. The van der Waals surface area contributed by atoms with Gasteiger partial charge < -0.3 is 9.47 Å². The first-order valence-corrected chi connectivity index (χ1v) is 12.6. The number of nitrogens with zero attached hydrogens (tertiary/aromatic N) is 2. The van der Waals surface area contributed by atoms with Gasteiger partial charge in [0, 0.05) is 19.1 Å². The molecule has 0 aromatic heterocycles. The number of morpholine rings is 2. The molecule has 4 aliphatic rings. The summed E-state index contributed by atoms with van der Waals surface area (Å²) >= 11 is 0. The molecule has 2 aliphatic heterocycles. The van der Waals surface area contributed by atoms with E-state index in [0.717, 1.165) is 51.5 Å². The van der Waals surface area contributed by atoms with Crippen LogP contribution in [0, 0.1) is 0 Å². The van der Waals surface area contributed by atoms with Gasteiger partial charge in [-0.1, -0.05) is 43.5 Å². The van der Waals surface area contributed by atoms with Gasteiger partial charge in [-0.2, -0.15) is 4.31 Å². The van der Waals surface area contributed by atoms with Gasteiger partial charge in [0.25, 0.3) is 0 Å². The summed E-state index contributed by atoms with van der Waals surface area (Å²) in [5.74, 6) is -0.826. The summed E-state index contributed by atoms with van der Waals surface area (Å²) in [6.07, 6.45) is 6.88. The van der Waals surface area contributed by atoms with Gasteiger partial charge in [0.05, 0.1) is 31.6 Å². The van der Waals surface area contributed by atoms with E-state index in [1.807, 2.05) is 0 Å². The van der Waals surface area contributed by atoms with E-state index in [4.69, 9.17) is 9.47 Å². The van der Waals surface area contributed by atoms with E-state index in [9.17, 15) is 8.42 Å². The molecule has 1 saturated carbocycles. The third-order valence-electron chi connectivity index (χ3n) is 7.19. The van der Waals surface area contributed by atoms with E-state index in [2.05, 4.69) is 29.2 Å². The maximum atomic E-state index is 13.3. The summed E-state index contributed by atoms with van der Waals surface area (Å²) in [6.45, 7) is 3.27. The molecule has 2 aliphatic carbocycles. The quantitative estimate of drug-likeness (QED) is 0.750. The third-order valence-corrected chi connectivity index (χ3v) is 9.54. The Morgan fingerprint density at radius 2 is 1.55 bits per heavy atom. The number of sulfonamides is 1. The predicted octanol–water partition coefficient (Wildman–Crippen LogP) is 2.18. The second-order valence-corrected chi connectivity index (χ2v) is 11.3. The smallest absolute Gasteiger partial charge is 0.217 e. The molecule has 2 saturated heterocycles. The van der Waals surface area contributed by atoms with Crippen LogP contribution in [0.4, 0.5) is 0 Å². The van der Waals surface area contributed by atoms with Gasteiger partial charge in [0.2, 0.25) is 10.0 Å². The first kappa shape index (κ1) is 19.9. The van der Waals surface area contributed by atoms with Crippen molar-refractivity contribution >= 4 is 10.0 Å². The van der Waals surface area contributed by atoms with Gasteiger partial charge >= 0.3 is 0 Å². The maximum absolute atomic E-state index is 13.3. The predicted molar refractivity (Wildman–Crippen MR) is 111 cm³/mol. The largest absolute Gasteiger partial charge is 0.346 e. The lowest BCUT2D eigenvalue weighted by molar-refractivity contribution is -0.287. The van der Waals surface area contributed by atoms with Crippen molar-refractivity contribution in [1.29, 1.82) is 0 Å². The maximum Gasteiger partial charge on any atom is 0.217 e. The highest BCUT2D eigenvalue weighted by molar-refractivity contribution is 7.89. The molecule has 0 radical (unpaired) electrons. The molecule has 0 bridgehead atoms. The Bertz CT molecular complexity index is 810. The van der Waals surface area contributed by atoms with Crippen LogP contribution in [0.1, 0.15) is 43.2 Å². The van der Waals surface area contributed by atoms with Crippen molar-refractivity contribution in [1.82, 2.24) is 9.21 Å². The minimum atomic E-state index is -3.29. The highest BCUT2D eigenvalue weighted by atomic mass is 32.2. The Labute approximate surface area is 174 Å². The average Bonchev–Trinajstić information content (AvgIpc) is 3.19. The number of benzene rings is 1. The molecule has 7 heteroatoms. The van der Waals surface area contributed by atoms with Crippen LogP contribution in [0.2, 0.25) is 0 Å². The Balaban J connectivity index is 1.29. The summed E-state index contributed by atoms with van der Waals surface area (Å²) in [4.78, 5) is 2.46. The minimum Gasteiger partial charge on any atom is -0.346 e. The Morgan fingerprint density at radius 3 is 2.24 bits per heavy atom. The van der Waals surface area contributed by atoms with Crippen molar-refractivity contribution in [3.8, 4) is 0 Å². The van der Waals surface area contributed by atoms with Gasteiger partial charge in [-0.15, -0.1) is 0 Å². The molecular weight excluding hydrogens is 388 g/mol. The zero-order valence-electron chi connectivity index (χ0n) is 17.1. The molecule has 1 unspecified atom stereocenters. The Morgan fingerprint density at radius 1 is 0.897 bits per heavy atom. The van der Waals surface area contributed by atoms with Crippen LogP contribution in [0.5, 0.6) is 0 Å². The fourth-order valence-corrected chi connectivity index (χ4v) is 7.65. The van der Waals surface area contributed by atoms with E-state index in [1.165, 1.54) is 11.1 Å². The van der Waals surface area contributed by atoms with Crippen molar-refractivity contribution in [2.45, 2.75) is 62.0 Å². The monoisotopic (exact) mass is 420 g/mol. The first-order valence-electron chi connectivity index (χ1n) is 11.1. The fraction of sp³-hybridized carbons (Fsp3) is 0.727. The summed E-state index contributed by atoms with van der Waals surface area (Å²) < 4.78 is 40.4. The number of ether oxygens (including phenoxy) is 2. The zero-order chi connectivity index (χ0) is 19.9. The number of hydrogen-bond donors (Lipinski definition) is 0. The fourth-order valence-electron chi connectivity index (χ4n) is 5.59. The topological polar surface area (TPSA) is 59.1 Å². The molecule has 29 heavy (non-hydrogen) atoms. The molecule has 1 aromatic carbocycles. The average molecular weight is 421 g/mol. The lowest BCUT2D eigenvalue weighted by Gasteiger charge is -2.48. The van der Waals surface area contributed by atoms with E-state index in [0.29, 0.717) is 38.9 Å². The van der Waals surface area contributed by atoms with Gasteiger partial charge in [-0.05, 0) is 36.8 Å². The van der Waals surface area contributed by atoms with Gasteiger partial charge in [-0.25, -0.2) is 8.42 Å². The molecule has 0 amide bonds. The minimum absolute atomic E-state index is 0.226. The molecule has 160 valence electrons. The molecule has 5 rings (SSSR count). The van der Waals surface area contributed by atoms with E-state index in [1.54, 1.807) is 4.31 Å². The molecule has 0 N–H and O–H groups in total. The molecule has 3 fully saturated rings. The number of hydrogen-bond acceptors (Lipinski definition) is 5.